The van der Waals surface area contributed by atoms with Crippen molar-refractivity contribution in [1.82, 2.24) is 14.6 Å². The highest BCUT2D eigenvalue weighted by molar-refractivity contribution is 7.15. The largest absolute Gasteiger partial charge is 0.494 e. The van der Waals surface area contributed by atoms with Crippen molar-refractivity contribution in [3.05, 3.63) is 29.1 Å². The zero-order valence-electron chi connectivity index (χ0n) is 10.8. The Kier molecular flexibility index (Phi) is 2.87. The van der Waals surface area contributed by atoms with Crippen LogP contribution in [0.25, 0.3) is 16.2 Å². The van der Waals surface area contributed by atoms with Gasteiger partial charge in [-0.1, -0.05) is 0 Å². The summed E-state index contributed by atoms with van der Waals surface area (Å²) in [5, 5.41) is 6.23. The standard InChI is InChI=1S/C13H14N4OS/c1-3-18-11-5-4-9(6-8(11)2)10-7-19-13-15-12(14)16-17(10)13/h4-7H,3H2,1-2H3,(H2,14,16). The van der Waals surface area contributed by atoms with Crippen LogP contribution in [0, 0.1) is 6.92 Å². The first-order chi connectivity index (χ1) is 9.19. The Balaban J connectivity index is 2.08. The number of rotatable bonds is 3. The van der Waals surface area contributed by atoms with E-state index in [1.165, 1.54) is 11.3 Å². The normalized spacial score (nSPS) is 11.1. The zero-order chi connectivity index (χ0) is 13.4. The van der Waals surface area contributed by atoms with Gasteiger partial charge >= 0.3 is 0 Å². The van der Waals surface area contributed by atoms with Gasteiger partial charge in [0, 0.05) is 10.9 Å². The lowest BCUT2D eigenvalue weighted by atomic mass is 10.1. The van der Waals surface area contributed by atoms with Crippen LogP contribution in [0.4, 0.5) is 5.95 Å². The summed E-state index contributed by atoms with van der Waals surface area (Å²) in [4.78, 5) is 4.96. The molecule has 98 valence electrons. The highest BCUT2D eigenvalue weighted by Crippen LogP contribution is 2.29. The molecule has 0 aliphatic carbocycles. The summed E-state index contributed by atoms with van der Waals surface area (Å²) in [6.45, 7) is 4.68. The summed E-state index contributed by atoms with van der Waals surface area (Å²) in [7, 11) is 0. The van der Waals surface area contributed by atoms with Gasteiger partial charge in [-0.2, -0.15) is 4.98 Å². The molecule has 0 atom stereocenters. The number of anilines is 1. The molecule has 0 bridgehead atoms. The molecule has 2 aromatic heterocycles. The number of hydrogen-bond donors (Lipinski definition) is 1. The molecule has 0 unspecified atom stereocenters. The lowest BCUT2D eigenvalue weighted by Crippen LogP contribution is -1.95. The summed E-state index contributed by atoms with van der Waals surface area (Å²) in [6.07, 6.45) is 0. The second-order valence-corrected chi connectivity index (χ2v) is 5.04. The first-order valence-corrected chi connectivity index (χ1v) is 6.90. The third-order valence-corrected chi connectivity index (χ3v) is 3.68. The van der Waals surface area contributed by atoms with Gasteiger partial charge in [-0.15, -0.1) is 16.4 Å². The molecule has 19 heavy (non-hydrogen) atoms. The van der Waals surface area contributed by atoms with Crippen molar-refractivity contribution in [2.24, 2.45) is 0 Å². The van der Waals surface area contributed by atoms with E-state index in [4.69, 9.17) is 10.5 Å². The van der Waals surface area contributed by atoms with Gasteiger partial charge in [-0.3, -0.25) is 0 Å². The van der Waals surface area contributed by atoms with Gasteiger partial charge in [0.15, 0.2) is 0 Å². The van der Waals surface area contributed by atoms with Crippen molar-refractivity contribution in [1.29, 1.82) is 0 Å². The van der Waals surface area contributed by atoms with Gasteiger partial charge in [-0.25, -0.2) is 4.52 Å². The second kappa shape index (κ2) is 4.55. The minimum Gasteiger partial charge on any atom is -0.494 e. The smallest absolute Gasteiger partial charge is 0.241 e. The van der Waals surface area contributed by atoms with E-state index in [-0.39, 0.29) is 0 Å². The van der Waals surface area contributed by atoms with Crippen LogP contribution in [0.5, 0.6) is 5.75 Å². The van der Waals surface area contributed by atoms with Crippen molar-refractivity contribution in [3.63, 3.8) is 0 Å². The molecule has 3 rings (SSSR count). The second-order valence-electron chi connectivity index (χ2n) is 4.20. The van der Waals surface area contributed by atoms with Gasteiger partial charge in [-0.05, 0) is 37.6 Å². The molecule has 0 amide bonds. The van der Waals surface area contributed by atoms with Crippen molar-refractivity contribution in [2.45, 2.75) is 13.8 Å². The zero-order valence-corrected chi connectivity index (χ0v) is 11.6. The average molecular weight is 274 g/mol. The fourth-order valence-corrected chi connectivity index (χ4v) is 2.86. The fourth-order valence-electron chi connectivity index (χ4n) is 2.02. The Morgan fingerprint density at radius 3 is 3.00 bits per heavy atom. The molecule has 0 radical (unpaired) electrons. The first-order valence-electron chi connectivity index (χ1n) is 6.02. The third kappa shape index (κ3) is 2.04. The van der Waals surface area contributed by atoms with Crippen LogP contribution in [0.2, 0.25) is 0 Å². The fraction of sp³-hybridized carbons (Fsp3) is 0.231. The predicted molar refractivity (Wildman–Crippen MR) is 76.6 cm³/mol. The molecule has 3 aromatic rings. The number of nitrogens with zero attached hydrogens (tertiary/aromatic N) is 3. The highest BCUT2D eigenvalue weighted by atomic mass is 32.1. The predicted octanol–water partition coefficient (Wildman–Crippen LogP) is 2.75. The highest BCUT2D eigenvalue weighted by Gasteiger charge is 2.11. The lowest BCUT2D eigenvalue weighted by molar-refractivity contribution is 0.338. The summed E-state index contributed by atoms with van der Waals surface area (Å²) in [5.74, 6) is 1.21. The minimum atomic E-state index is 0.302. The summed E-state index contributed by atoms with van der Waals surface area (Å²) in [6, 6.07) is 6.10. The first kappa shape index (κ1) is 12.0. The summed E-state index contributed by atoms with van der Waals surface area (Å²) < 4.78 is 7.32. The van der Waals surface area contributed by atoms with E-state index >= 15 is 0 Å². The topological polar surface area (TPSA) is 65.4 Å². The maximum atomic E-state index is 5.62. The number of benzene rings is 1. The van der Waals surface area contributed by atoms with E-state index in [1.54, 1.807) is 4.52 Å². The van der Waals surface area contributed by atoms with Gasteiger partial charge < -0.3 is 10.5 Å². The van der Waals surface area contributed by atoms with E-state index in [2.05, 4.69) is 16.1 Å². The number of nitrogen functional groups attached to an aromatic ring is 1. The van der Waals surface area contributed by atoms with Crippen LogP contribution >= 0.6 is 11.3 Å². The Hall–Kier alpha value is -2.08. The molecular formula is C13H14N4OS. The maximum Gasteiger partial charge on any atom is 0.241 e. The minimum absolute atomic E-state index is 0.302. The van der Waals surface area contributed by atoms with Crippen molar-refractivity contribution in [2.75, 3.05) is 12.3 Å². The number of thiazole rings is 1. The molecule has 0 spiro atoms. The Bertz CT molecular complexity index is 731. The average Bonchev–Trinajstić information content (AvgIpc) is 2.91. The SMILES string of the molecule is CCOc1ccc(-c2csc3nc(N)nn23)cc1C. The Labute approximate surface area is 114 Å². The van der Waals surface area contributed by atoms with Crippen LogP contribution in [-0.4, -0.2) is 21.2 Å². The van der Waals surface area contributed by atoms with Crippen LogP contribution in [0.3, 0.4) is 0 Å². The number of ether oxygens (including phenoxy) is 1. The van der Waals surface area contributed by atoms with E-state index in [0.717, 1.165) is 27.5 Å². The van der Waals surface area contributed by atoms with Crippen LogP contribution in [0.15, 0.2) is 23.6 Å². The molecule has 6 heteroatoms. The molecule has 2 heterocycles. The summed E-state index contributed by atoms with van der Waals surface area (Å²) in [5.41, 5.74) is 8.80. The lowest BCUT2D eigenvalue weighted by Gasteiger charge is -2.08. The Morgan fingerprint density at radius 1 is 1.42 bits per heavy atom. The maximum absolute atomic E-state index is 5.62. The number of aromatic nitrogens is 3. The summed E-state index contributed by atoms with van der Waals surface area (Å²) >= 11 is 1.53. The van der Waals surface area contributed by atoms with Gasteiger partial charge in [0.1, 0.15) is 5.75 Å². The van der Waals surface area contributed by atoms with Crippen molar-refractivity contribution in [3.8, 4) is 17.0 Å². The molecule has 0 aliphatic rings. The molecule has 0 saturated heterocycles. The van der Waals surface area contributed by atoms with Gasteiger partial charge in [0.2, 0.25) is 10.9 Å². The molecule has 1 aromatic carbocycles. The molecule has 0 saturated carbocycles. The van der Waals surface area contributed by atoms with E-state index in [0.29, 0.717) is 12.6 Å². The number of fused-ring (bicyclic) bond motifs is 1. The van der Waals surface area contributed by atoms with Crippen molar-refractivity contribution >= 4 is 22.2 Å². The van der Waals surface area contributed by atoms with Gasteiger partial charge in [0.25, 0.3) is 0 Å². The Morgan fingerprint density at radius 2 is 2.26 bits per heavy atom. The molecule has 0 aliphatic heterocycles. The van der Waals surface area contributed by atoms with E-state index in [9.17, 15) is 0 Å². The molecule has 2 N–H and O–H groups in total. The van der Waals surface area contributed by atoms with E-state index in [1.807, 2.05) is 31.4 Å². The van der Waals surface area contributed by atoms with Crippen molar-refractivity contribution < 1.29 is 4.74 Å². The van der Waals surface area contributed by atoms with Crippen LogP contribution in [0.1, 0.15) is 12.5 Å². The quantitative estimate of drug-likeness (QED) is 0.797. The van der Waals surface area contributed by atoms with Crippen LogP contribution < -0.4 is 10.5 Å². The van der Waals surface area contributed by atoms with E-state index < -0.39 is 0 Å². The molecule has 5 nitrogen and oxygen atoms in total. The number of nitrogens with two attached hydrogens (primary N) is 1. The van der Waals surface area contributed by atoms with Crippen LogP contribution in [-0.2, 0) is 0 Å². The monoisotopic (exact) mass is 274 g/mol. The number of hydrogen-bond acceptors (Lipinski definition) is 5. The number of aryl methyl sites for hydroxylation is 1. The van der Waals surface area contributed by atoms with Gasteiger partial charge in [0.05, 0.1) is 12.3 Å². The molecule has 0 fully saturated rings. The molecular weight excluding hydrogens is 260 g/mol. The third-order valence-electron chi connectivity index (χ3n) is 2.87.